The Kier molecular flexibility index (Phi) is 5.25. The van der Waals surface area contributed by atoms with E-state index in [0.29, 0.717) is 30.3 Å². The second-order valence-electron chi connectivity index (χ2n) is 9.63. The van der Waals surface area contributed by atoms with Gasteiger partial charge in [0, 0.05) is 18.2 Å². The maximum atomic E-state index is 12.8. The van der Waals surface area contributed by atoms with Gasteiger partial charge >= 0.3 is 6.09 Å². The van der Waals surface area contributed by atoms with Crippen molar-refractivity contribution in [3.63, 3.8) is 0 Å². The molecule has 1 aliphatic carbocycles. The Hall–Kier alpha value is -4.12. The zero-order chi connectivity index (χ0) is 23.8. The van der Waals surface area contributed by atoms with E-state index in [1.165, 1.54) is 0 Å². The minimum Gasteiger partial charge on any atom is -0.441 e. The van der Waals surface area contributed by atoms with E-state index in [1.54, 1.807) is 11.0 Å². The van der Waals surface area contributed by atoms with Gasteiger partial charge in [0.25, 0.3) is 0 Å². The summed E-state index contributed by atoms with van der Waals surface area (Å²) < 4.78 is 13.6. The Morgan fingerprint density at radius 3 is 2.91 bits per heavy atom. The molecule has 1 spiro atoms. The smallest absolute Gasteiger partial charge is 0.410 e. The number of nitriles is 1. The molecule has 0 unspecified atom stereocenters. The highest BCUT2D eigenvalue weighted by Gasteiger charge is 2.48. The van der Waals surface area contributed by atoms with Gasteiger partial charge in [-0.1, -0.05) is 35.5 Å². The molecule has 2 atom stereocenters. The number of ether oxygens (including phenoxy) is 1. The number of fused-ring (bicyclic) bond motifs is 1. The van der Waals surface area contributed by atoms with Crippen LogP contribution in [0.1, 0.15) is 37.0 Å². The zero-order valence-electron chi connectivity index (χ0n) is 19.3. The number of hydrogen-bond acceptors (Lipinski definition) is 6. The third kappa shape index (κ3) is 4.14. The molecule has 0 radical (unpaired) electrons. The monoisotopic (exact) mass is 467 g/mol. The number of hydrogen-bond donors (Lipinski definition) is 0. The number of carbonyl (C=O) groups excluding carboxylic acids is 1. The fourth-order valence-electron chi connectivity index (χ4n) is 5.52. The van der Waals surface area contributed by atoms with Crippen molar-refractivity contribution in [1.82, 2.24) is 19.6 Å². The minimum absolute atomic E-state index is 0.296. The fourth-order valence-corrected chi connectivity index (χ4v) is 5.52. The Balaban J connectivity index is 1.14. The number of nitrogens with zero attached hydrogens (tertiary/aromatic N) is 5. The molecule has 176 valence electrons. The van der Waals surface area contributed by atoms with Crippen LogP contribution in [0.25, 0.3) is 22.3 Å². The van der Waals surface area contributed by atoms with E-state index in [1.807, 2.05) is 54.9 Å². The van der Waals surface area contributed by atoms with Gasteiger partial charge in [0.1, 0.15) is 11.3 Å². The molecular weight excluding hydrogens is 442 g/mol. The van der Waals surface area contributed by atoms with E-state index in [4.69, 9.17) is 9.26 Å². The van der Waals surface area contributed by atoms with Crippen LogP contribution in [-0.4, -0.2) is 37.8 Å². The normalized spacial score (nSPS) is 22.0. The summed E-state index contributed by atoms with van der Waals surface area (Å²) in [5, 5.41) is 13.4. The van der Waals surface area contributed by atoms with Gasteiger partial charge in [-0.25, -0.2) is 9.78 Å². The summed E-state index contributed by atoms with van der Waals surface area (Å²) in [6.07, 6.45) is 5.28. The van der Waals surface area contributed by atoms with Gasteiger partial charge in [-0.3, -0.25) is 4.90 Å². The molecule has 2 aromatic carbocycles. The molecule has 2 aromatic heterocycles. The van der Waals surface area contributed by atoms with Crippen molar-refractivity contribution < 1.29 is 14.1 Å². The van der Waals surface area contributed by atoms with Crippen LogP contribution in [0, 0.1) is 17.2 Å². The highest BCUT2D eigenvalue weighted by Crippen LogP contribution is 2.41. The number of benzene rings is 2. The quantitative estimate of drug-likeness (QED) is 0.403. The maximum Gasteiger partial charge on any atom is 0.410 e. The van der Waals surface area contributed by atoms with Gasteiger partial charge in [0.2, 0.25) is 0 Å². The number of carbonyl (C=O) groups is 1. The first-order chi connectivity index (χ1) is 17.1. The molecule has 0 N–H and O–H groups in total. The standard InChI is InChI=1S/C27H25N5O3/c28-14-19-8-9-23-25(11-19)32(18-29-23)15-20-5-4-10-27(13-20)17-31(26(33)34-27)16-22-12-24(30-35-22)21-6-2-1-3-7-21/h1-3,6-9,11-12,18,20H,4-5,10,13,15-17H2/t20-,27-/m0/s1. The van der Waals surface area contributed by atoms with Crippen LogP contribution in [0.3, 0.4) is 0 Å². The lowest BCUT2D eigenvalue weighted by molar-refractivity contribution is 0.00414. The first-order valence-corrected chi connectivity index (χ1v) is 11.9. The molecule has 2 aliphatic rings. The van der Waals surface area contributed by atoms with Crippen LogP contribution in [-0.2, 0) is 17.8 Å². The van der Waals surface area contributed by atoms with Crippen molar-refractivity contribution >= 4 is 17.1 Å². The second kappa shape index (κ2) is 8.58. The molecule has 35 heavy (non-hydrogen) atoms. The molecule has 1 aliphatic heterocycles. The summed E-state index contributed by atoms with van der Waals surface area (Å²) in [6, 6.07) is 19.5. The molecule has 3 heterocycles. The van der Waals surface area contributed by atoms with Gasteiger partial charge in [0.15, 0.2) is 5.76 Å². The number of amides is 1. The van der Waals surface area contributed by atoms with Crippen LogP contribution < -0.4 is 0 Å². The molecule has 1 amide bonds. The van der Waals surface area contributed by atoms with Crippen LogP contribution in [0.2, 0.25) is 0 Å². The first kappa shape index (κ1) is 21.4. The second-order valence-corrected chi connectivity index (χ2v) is 9.63. The maximum absolute atomic E-state index is 12.8. The Morgan fingerprint density at radius 2 is 2.06 bits per heavy atom. The summed E-state index contributed by atoms with van der Waals surface area (Å²) in [5.41, 5.74) is 3.74. The highest BCUT2D eigenvalue weighted by molar-refractivity contribution is 5.77. The molecule has 1 saturated heterocycles. The third-order valence-corrected chi connectivity index (χ3v) is 7.13. The fraction of sp³-hybridized carbons (Fsp3) is 0.333. The summed E-state index contributed by atoms with van der Waals surface area (Å²) in [6.45, 7) is 1.67. The number of aromatic nitrogens is 3. The molecule has 2 fully saturated rings. The molecule has 6 rings (SSSR count). The Labute approximate surface area is 202 Å². The summed E-state index contributed by atoms with van der Waals surface area (Å²) >= 11 is 0. The summed E-state index contributed by atoms with van der Waals surface area (Å²) in [7, 11) is 0. The lowest BCUT2D eigenvalue weighted by atomic mass is 9.78. The SMILES string of the molecule is N#Cc1ccc2ncn(C[C@H]3CCC[C@]4(C3)CN(Cc3cc(-c5ccccc5)no3)C(=O)O4)c2c1. The summed E-state index contributed by atoms with van der Waals surface area (Å²) in [4.78, 5) is 19.0. The lowest BCUT2D eigenvalue weighted by Crippen LogP contribution is -2.40. The van der Waals surface area contributed by atoms with Crippen LogP contribution >= 0.6 is 0 Å². The zero-order valence-corrected chi connectivity index (χ0v) is 19.3. The van der Waals surface area contributed by atoms with E-state index < -0.39 is 5.60 Å². The van der Waals surface area contributed by atoms with Crippen molar-refractivity contribution in [2.24, 2.45) is 5.92 Å². The van der Waals surface area contributed by atoms with Gasteiger partial charge < -0.3 is 13.8 Å². The average Bonchev–Trinajstić information content (AvgIpc) is 3.58. The third-order valence-electron chi connectivity index (χ3n) is 7.13. The van der Waals surface area contributed by atoms with E-state index in [2.05, 4.69) is 20.8 Å². The van der Waals surface area contributed by atoms with Crippen LogP contribution in [0.4, 0.5) is 4.79 Å². The average molecular weight is 468 g/mol. The Bertz CT molecular complexity index is 1420. The van der Waals surface area contributed by atoms with Gasteiger partial charge in [-0.2, -0.15) is 5.26 Å². The van der Waals surface area contributed by atoms with E-state index >= 15 is 0 Å². The van der Waals surface area contributed by atoms with Gasteiger partial charge in [-0.15, -0.1) is 0 Å². The predicted octanol–water partition coefficient (Wildman–Crippen LogP) is 5.14. The molecule has 4 aromatic rings. The van der Waals surface area contributed by atoms with Crippen molar-refractivity contribution in [2.45, 2.75) is 44.4 Å². The number of imidazole rings is 1. The number of rotatable bonds is 5. The predicted molar refractivity (Wildman–Crippen MR) is 128 cm³/mol. The lowest BCUT2D eigenvalue weighted by Gasteiger charge is -2.36. The molecule has 8 heteroatoms. The molecule has 8 nitrogen and oxygen atoms in total. The largest absolute Gasteiger partial charge is 0.441 e. The molecule has 1 saturated carbocycles. The minimum atomic E-state index is -0.476. The first-order valence-electron chi connectivity index (χ1n) is 11.9. The topological polar surface area (TPSA) is 97.2 Å². The van der Waals surface area contributed by atoms with Gasteiger partial charge in [-0.05, 0) is 49.8 Å². The van der Waals surface area contributed by atoms with E-state index in [-0.39, 0.29) is 6.09 Å². The van der Waals surface area contributed by atoms with Gasteiger partial charge in [0.05, 0.1) is 42.1 Å². The van der Waals surface area contributed by atoms with Crippen LogP contribution in [0.15, 0.2) is 65.4 Å². The van der Waals surface area contributed by atoms with Crippen molar-refractivity contribution in [1.29, 1.82) is 5.26 Å². The van der Waals surface area contributed by atoms with Crippen molar-refractivity contribution in [2.75, 3.05) is 6.54 Å². The Morgan fingerprint density at radius 1 is 1.17 bits per heavy atom. The van der Waals surface area contributed by atoms with E-state index in [0.717, 1.165) is 54.5 Å². The molecular formula is C27H25N5O3. The molecule has 0 bridgehead atoms. The highest BCUT2D eigenvalue weighted by atomic mass is 16.6. The van der Waals surface area contributed by atoms with E-state index in [9.17, 15) is 10.1 Å². The van der Waals surface area contributed by atoms with Crippen molar-refractivity contribution in [3.05, 3.63) is 72.2 Å². The summed E-state index contributed by atoms with van der Waals surface area (Å²) in [5.74, 6) is 0.998. The van der Waals surface area contributed by atoms with Crippen LogP contribution in [0.5, 0.6) is 0 Å². The van der Waals surface area contributed by atoms with Crippen molar-refractivity contribution in [3.8, 4) is 17.3 Å².